The number of carbonyl (C=O) groups excluding carboxylic acids is 2. The number of carbonyl (C=O) groups is 2. The van der Waals surface area contributed by atoms with Crippen LogP contribution in [0.15, 0.2) is 12.7 Å². The molecule has 1 aromatic rings. The van der Waals surface area contributed by atoms with Gasteiger partial charge in [0.05, 0.1) is 11.8 Å². The third kappa shape index (κ3) is 3.60. The van der Waals surface area contributed by atoms with Crippen molar-refractivity contribution >= 4 is 11.8 Å². The fourth-order valence-electron chi connectivity index (χ4n) is 4.55. The number of amides is 2. The predicted molar refractivity (Wildman–Crippen MR) is 95.2 cm³/mol. The molecule has 2 amide bonds. The van der Waals surface area contributed by atoms with Crippen LogP contribution in [0, 0.1) is 11.8 Å². The molecule has 3 saturated heterocycles. The molecule has 3 aliphatic rings. The van der Waals surface area contributed by atoms with E-state index in [2.05, 4.69) is 15.5 Å². The Morgan fingerprint density at radius 1 is 0.846 bits per heavy atom. The van der Waals surface area contributed by atoms with Crippen LogP contribution in [0.1, 0.15) is 38.1 Å². The van der Waals surface area contributed by atoms with Gasteiger partial charge in [-0.3, -0.25) is 9.59 Å². The van der Waals surface area contributed by atoms with E-state index in [9.17, 15) is 9.59 Å². The monoisotopic (exact) mass is 360 g/mol. The lowest BCUT2D eigenvalue weighted by molar-refractivity contribution is -0.140. The van der Waals surface area contributed by atoms with Gasteiger partial charge in [-0.2, -0.15) is 0 Å². The van der Waals surface area contributed by atoms with Crippen LogP contribution in [0.3, 0.4) is 0 Å². The molecule has 0 spiro atoms. The first kappa shape index (κ1) is 17.5. The fraction of sp³-hybridized carbons (Fsp3) is 0.778. The first-order valence-electron chi connectivity index (χ1n) is 9.85. The van der Waals surface area contributed by atoms with Crippen molar-refractivity contribution < 1.29 is 9.59 Å². The first-order chi connectivity index (χ1) is 12.7. The van der Waals surface area contributed by atoms with Gasteiger partial charge in [0, 0.05) is 45.3 Å². The molecule has 26 heavy (non-hydrogen) atoms. The zero-order valence-corrected chi connectivity index (χ0v) is 15.2. The molecule has 2 atom stereocenters. The van der Waals surface area contributed by atoms with Crippen molar-refractivity contribution in [1.82, 2.24) is 29.9 Å². The SMILES string of the molecule is O=C([C@@H]1CNC[C@H](C(=O)N2CCC(n3cnnc3)CC2)C1)N1CCCC1. The Kier molecular flexibility index (Phi) is 5.19. The Morgan fingerprint density at radius 3 is 1.96 bits per heavy atom. The van der Waals surface area contributed by atoms with Gasteiger partial charge in [0.25, 0.3) is 0 Å². The summed E-state index contributed by atoms with van der Waals surface area (Å²) in [7, 11) is 0. The molecule has 3 fully saturated rings. The zero-order valence-electron chi connectivity index (χ0n) is 15.2. The van der Waals surface area contributed by atoms with Crippen LogP contribution >= 0.6 is 0 Å². The lowest BCUT2D eigenvalue weighted by Crippen LogP contribution is -2.51. The Morgan fingerprint density at radius 2 is 1.38 bits per heavy atom. The van der Waals surface area contributed by atoms with E-state index in [-0.39, 0.29) is 23.7 Å². The van der Waals surface area contributed by atoms with Gasteiger partial charge in [0.1, 0.15) is 12.7 Å². The largest absolute Gasteiger partial charge is 0.342 e. The molecule has 0 unspecified atom stereocenters. The lowest BCUT2D eigenvalue weighted by Gasteiger charge is -2.37. The van der Waals surface area contributed by atoms with Crippen LogP contribution in [-0.2, 0) is 9.59 Å². The van der Waals surface area contributed by atoms with Gasteiger partial charge in [-0.15, -0.1) is 10.2 Å². The molecular weight excluding hydrogens is 332 g/mol. The molecule has 142 valence electrons. The molecule has 0 bridgehead atoms. The van der Waals surface area contributed by atoms with E-state index in [0.29, 0.717) is 25.6 Å². The average Bonchev–Trinajstić information content (AvgIpc) is 3.41. The third-order valence-corrected chi connectivity index (χ3v) is 6.10. The van der Waals surface area contributed by atoms with E-state index in [1.807, 2.05) is 14.4 Å². The molecule has 0 saturated carbocycles. The van der Waals surface area contributed by atoms with Crippen molar-refractivity contribution in [3.05, 3.63) is 12.7 Å². The third-order valence-electron chi connectivity index (χ3n) is 6.10. The van der Waals surface area contributed by atoms with E-state index in [1.165, 1.54) is 0 Å². The summed E-state index contributed by atoms with van der Waals surface area (Å²) in [5.74, 6) is 0.314. The summed E-state index contributed by atoms with van der Waals surface area (Å²) in [6.07, 6.45) is 8.27. The fourth-order valence-corrected chi connectivity index (χ4v) is 4.55. The van der Waals surface area contributed by atoms with Crippen molar-refractivity contribution in [2.45, 2.75) is 38.1 Å². The van der Waals surface area contributed by atoms with Crippen molar-refractivity contribution in [2.75, 3.05) is 39.3 Å². The Balaban J connectivity index is 1.31. The molecule has 1 N–H and O–H groups in total. The molecule has 4 rings (SSSR count). The number of nitrogens with one attached hydrogen (secondary N) is 1. The van der Waals surface area contributed by atoms with Crippen LogP contribution in [-0.4, -0.2) is 75.6 Å². The highest BCUT2D eigenvalue weighted by Gasteiger charge is 2.36. The van der Waals surface area contributed by atoms with Crippen molar-refractivity contribution in [3.8, 4) is 0 Å². The molecule has 1 aromatic heterocycles. The Bertz CT molecular complexity index is 620. The highest BCUT2D eigenvalue weighted by Crippen LogP contribution is 2.26. The summed E-state index contributed by atoms with van der Waals surface area (Å²) >= 11 is 0. The number of aromatic nitrogens is 3. The van der Waals surface area contributed by atoms with Crippen LogP contribution < -0.4 is 5.32 Å². The molecule has 0 aliphatic carbocycles. The quantitative estimate of drug-likeness (QED) is 0.838. The standard InChI is InChI=1S/C18H28N6O2/c25-17(22-5-1-2-6-22)14-9-15(11-19-10-14)18(26)23-7-3-16(4-8-23)24-12-20-21-13-24/h12-16,19H,1-11H2/t14-,15+/m0/s1. The van der Waals surface area contributed by atoms with E-state index in [4.69, 9.17) is 0 Å². The summed E-state index contributed by atoms with van der Waals surface area (Å²) < 4.78 is 2.04. The highest BCUT2D eigenvalue weighted by atomic mass is 16.2. The minimum atomic E-state index is -0.0771. The van der Waals surface area contributed by atoms with Crippen molar-refractivity contribution in [3.63, 3.8) is 0 Å². The number of nitrogens with zero attached hydrogens (tertiary/aromatic N) is 5. The number of likely N-dealkylation sites (tertiary alicyclic amines) is 2. The minimum absolute atomic E-state index is 0.0506. The summed E-state index contributed by atoms with van der Waals surface area (Å²) in [5, 5.41) is 11.1. The average molecular weight is 360 g/mol. The first-order valence-corrected chi connectivity index (χ1v) is 9.85. The molecule has 0 aromatic carbocycles. The Hall–Kier alpha value is -1.96. The maximum Gasteiger partial charge on any atom is 0.226 e. The lowest BCUT2D eigenvalue weighted by atomic mass is 9.88. The maximum atomic E-state index is 13.0. The van der Waals surface area contributed by atoms with Gasteiger partial charge < -0.3 is 19.7 Å². The van der Waals surface area contributed by atoms with Gasteiger partial charge in [-0.25, -0.2) is 0 Å². The molecule has 4 heterocycles. The maximum absolute atomic E-state index is 13.0. The Labute approximate surface area is 153 Å². The molecule has 0 radical (unpaired) electrons. The van der Waals surface area contributed by atoms with E-state index in [0.717, 1.165) is 51.9 Å². The van der Waals surface area contributed by atoms with E-state index < -0.39 is 0 Å². The number of piperidine rings is 2. The van der Waals surface area contributed by atoms with Crippen LogP contribution in [0.4, 0.5) is 0 Å². The summed E-state index contributed by atoms with van der Waals surface area (Å²) in [6.45, 7) is 4.68. The van der Waals surface area contributed by atoms with E-state index in [1.54, 1.807) is 12.7 Å². The van der Waals surface area contributed by atoms with Crippen molar-refractivity contribution in [2.24, 2.45) is 11.8 Å². The predicted octanol–water partition coefficient (Wildman–Crippen LogP) is 0.290. The highest BCUT2D eigenvalue weighted by molar-refractivity contribution is 5.83. The van der Waals surface area contributed by atoms with Crippen molar-refractivity contribution in [1.29, 1.82) is 0 Å². The zero-order chi connectivity index (χ0) is 17.9. The van der Waals surface area contributed by atoms with Gasteiger partial charge in [0.2, 0.25) is 11.8 Å². The summed E-state index contributed by atoms with van der Waals surface area (Å²) in [6, 6.07) is 0.378. The number of hydrogen-bond acceptors (Lipinski definition) is 5. The second kappa shape index (κ2) is 7.73. The number of hydrogen-bond donors (Lipinski definition) is 1. The topological polar surface area (TPSA) is 83.4 Å². The van der Waals surface area contributed by atoms with Gasteiger partial charge in [-0.05, 0) is 32.1 Å². The van der Waals surface area contributed by atoms with Crippen LogP contribution in [0.2, 0.25) is 0 Å². The van der Waals surface area contributed by atoms with Gasteiger partial charge in [0.15, 0.2) is 0 Å². The smallest absolute Gasteiger partial charge is 0.226 e. The second-order valence-corrected chi connectivity index (χ2v) is 7.79. The normalized spacial score (nSPS) is 27.7. The van der Waals surface area contributed by atoms with E-state index >= 15 is 0 Å². The summed E-state index contributed by atoms with van der Waals surface area (Å²) in [4.78, 5) is 29.6. The molecule has 3 aliphatic heterocycles. The van der Waals surface area contributed by atoms with Crippen LogP contribution in [0.25, 0.3) is 0 Å². The molecule has 8 heteroatoms. The van der Waals surface area contributed by atoms with Gasteiger partial charge >= 0.3 is 0 Å². The van der Waals surface area contributed by atoms with Crippen LogP contribution in [0.5, 0.6) is 0 Å². The second-order valence-electron chi connectivity index (χ2n) is 7.79. The van der Waals surface area contributed by atoms with Gasteiger partial charge in [-0.1, -0.05) is 0 Å². The molecule has 8 nitrogen and oxygen atoms in total. The summed E-state index contributed by atoms with van der Waals surface area (Å²) in [5.41, 5.74) is 0. The minimum Gasteiger partial charge on any atom is -0.342 e. The molecular formula is C18H28N6O2. The number of rotatable bonds is 3.